The van der Waals surface area contributed by atoms with Crippen molar-refractivity contribution in [3.63, 3.8) is 0 Å². The molecule has 0 N–H and O–H groups in total. The van der Waals surface area contributed by atoms with Gasteiger partial charge < -0.3 is 0 Å². The van der Waals surface area contributed by atoms with E-state index in [0.29, 0.717) is 0 Å². The molecule has 4 aromatic carbocycles. The Balaban J connectivity index is 0.810. The topological polar surface area (TPSA) is 0 Å². The van der Waals surface area contributed by atoms with Crippen LogP contribution < -0.4 is 42.0 Å². The van der Waals surface area contributed by atoms with E-state index in [9.17, 15) is 0 Å². The van der Waals surface area contributed by atoms with Gasteiger partial charge in [-0.2, -0.15) is 0 Å². The van der Waals surface area contributed by atoms with Crippen LogP contribution in [0.15, 0.2) is 97.1 Å². The highest BCUT2D eigenvalue weighted by Crippen LogP contribution is 2.59. The summed E-state index contributed by atoms with van der Waals surface area (Å²) in [6.07, 6.45) is 65.6. The summed E-state index contributed by atoms with van der Waals surface area (Å²) in [5.41, 5.74) is 7.84. The molecule has 8 aliphatic rings. The Bertz CT molecular complexity index is 2520. The summed E-state index contributed by atoms with van der Waals surface area (Å²) in [5.74, 6) is 0. The molecule has 0 amide bonds. The first-order valence-corrected chi connectivity index (χ1v) is 66.2. The third-order valence-corrected chi connectivity index (χ3v) is 63.2. The Labute approximate surface area is 634 Å². The molecule has 8 saturated carbocycles. The Kier molecular flexibility index (Phi) is 31.0. The summed E-state index contributed by atoms with van der Waals surface area (Å²) in [6.45, 7) is 22.5. The monoisotopic (exact) mass is 1520 g/mol. The van der Waals surface area contributed by atoms with Crippen LogP contribution in [-0.4, -0.2) is 85.6 Å². The van der Waals surface area contributed by atoms with Gasteiger partial charge in [-0.05, 0) is 169 Å². The highest BCUT2D eigenvalue weighted by Gasteiger charge is 2.41. The van der Waals surface area contributed by atoms with Crippen molar-refractivity contribution in [2.24, 2.45) is 0 Å². The minimum atomic E-state index is -1.75. The quantitative estimate of drug-likeness (QED) is 0.0338. The summed E-state index contributed by atoms with van der Waals surface area (Å²) >= 11 is 0. The van der Waals surface area contributed by atoms with Gasteiger partial charge in [0.25, 0.3) is 0 Å². The van der Waals surface area contributed by atoms with E-state index in [0.717, 1.165) is 45.3 Å². The maximum absolute atomic E-state index is 2.81. The van der Waals surface area contributed by atoms with Crippen molar-refractivity contribution in [1.29, 1.82) is 0 Å². The predicted molar refractivity (Wildman–Crippen MR) is 478 cm³/mol. The van der Waals surface area contributed by atoms with Crippen molar-refractivity contribution in [1.82, 2.24) is 0 Å². The SMILES string of the molecule is C[Si](C)(CCC[Si](CCC[Si](C)(C)c1ccc(P(C2CCCCC2)C2CCCCC2)cc1)(CCC[Si](C)(C)c1ccc(P(C2CCCCC2)C2CCCCC2)cc1)CCC[Si](C)(C)c1ccc(P(C2CCCCC2)C2CCCCC2)cc1)c1ccc(P(C2CCCCC2)C2CCCCC2)cc1. The van der Waals surface area contributed by atoms with Gasteiger partial charge in [-0.3, -0.25) is 0 Å². The van der Waals surface area contributed by atoms with E-state index in [4.69, 9.17) is 0 Å². The molecule has 101 heavy (non-hydrogen) atoms. The van der Waals surface area contributed by atoms with E-state index in [1.807, 2.05) is 0 Å². The van der Waals surface area contributed by atoms with Gasteiger partial charge in [-0.25, -0.2) is 0 Å². The average molecular weight is 1520 g/mol. The molecule has 0 spiro atoms. The Morgan fingerprint density at radius 1 is 0.198 bits per heavy atom. The first-order chi connectivity index (χ1) is 49.0. The molecule has 0 saturated heterocycles. The third-order valence-electron chi connectivity index (χ3n) is 29.6. The summed E-state index contributed by atoms with van der Waals surface area (Å²) in [4.78, 5) is 0. The minimum Gasteiger partial charge on any atom is -0.0690 e. The number of hydrogen-bond acceptors (Lipinski definition) is 0. The number of benzene rings is 4. The van der Waals surface area contributed by atoms with Crippen molar-refractivity contribution in [2.45, 2.75) is 429 Å². The molecule has 0 atom stereocenters. The second-order valence-electron chi connectivity index (χ2n) is 38.6. The van der Waals surface area contributed by atoms with Crippen LogP contribution in [0, 0.1) is 0 Å². The molecule has 0 nitrogen and oxygen atoms in total. The van der Waals surface area contributed by atoms with Gasteiger partial charge in [0.05, 0.1) is 40.4 Å². The molecule has 9 heteroatoms. The molecule has 0 radical (unpaired) electrons. The molecule has 0 aromatic heterocycles. The summed E-state index contributed by atoms with van der Waals surface area (Å²) in [5, 5.41) is 14.3. The zero-order chi connectivity index (χ0) is 70.1. The van der Waals surface area contributed by atoms with Crippen LogP contribution >= 0.6 is 31.7 Å². The minimum absolute atomic E-state index is 0.0539. The zero-order valence-electron chi connectivity index (χ0n) is 66.9. The van der Waals surface area contributed by atoms with Crippen LogP contribution in [0.5, 0.6) is 0 Å². The Morgan fingerprint density at radius 2 is 0.337 bits per heavy atom. The maximum Gasteiger partial charge on any atom is 0.0806 e. The molecule has 0 unspecified atom stereocenters. The van der Waals surface area contributed by atoms with E-state index in [1.54, 1.807) is 66.1 Å². The molecule has 12 rings (SSSR count). The lowest BCUT2D eigenvalue weighted by Crippen LogP contribution is -2.45. The lowest BCUT2D eigenvalue weighted by Gasteiger charge is -2.39. The van der Waals surface area contributed by atoms with Crippen molar-refractivity contribution >= 4 is 114 Å². The molecule has 0 heterocycles. The first-order valence-electron chi connectivity index (χ1n) is 44.6. The standard InChI is InChI=1S/C92H152P4Si5/c1-97(2,89-61-53-85(54-62-89)93(77-37-17-9-18-38-77)78-39-19-10-20-40-78)69-33-73-101(74-34-70-98(3,4)90-63-55-86(56-64-90)94(79-41-21-11-22-42-79)80-43-23-12-24-44-80,75-35-71-99(5,6)91-65-57-87(58-66-91)95(81-45-25-13-26-46-81)82-47-27-14-28-48-82)76-36-72-100(7,8)92-67-59-88(60-68-92)96(83-49-29-15-30-50-83)84-51-31-16-32-52-84/h53-68,77-84H,9-52,69-76H2,1-8H3. The van der Waals surface area contributed by atoms with Gasteiger partial charge in [0.2, 0.25) is 0 Å². The van der Waals surface area contributed by atoms with Crippen molar-refractivity contribution < 1.29 is 0 Å². The third kappa shape index (κ3) is 22.1. The normalized spacial score (nSPS) is 21.6. The fourth-order valence-corrected chi connectivity index (χ4v) is 54.4. The van der Waals surface area contributed by atoms with Crippen molar-refractivity contribution in [2.75, 3.05) is 0 Å². The van der Waals surface area contributed by atoms with Crippen molar-refractivity contribution in [3.05, 3.63) is 97.1 Å². The van der Waals surface area contributed by atoms with Crippen LogP contribution in [0.4, 0.5) is 0 Å². The van der Waals surface area contributed by atoms with Gasteiger partial charge in [0.1, 0.15) is 0 Å². The molecule has 8 fully saturated rings. The van der Waals surface area contributed by atoms with Crippen LogP contribution in [-0.2, 0) is 0 Å². The van der Waals surface area contributed by atoms with E-state index >= 15 is 0 Å². The van der Waals surface area contributed by atoms with E-state index in [2.05, 4.69) is 149 Å². The molecule has 8 aliphatic carbocycles. The molecule has 4 aromatic rings. The lowest BCUT2D eigenvalue weighted by atomic mass is 9.99. The first kappa shape index (κ1) is 80.2. The molecular formula is C92H152P4Si5. The second kappa shape index (κ2) is 39.0. The molecule has 0 bridgehead atoms. The van der Waals surface area contributed by atoms with Gasteiger partial charge in [-0.15, -0.1) is 0 Å². The largest absolute Gasteiger partial charge is 0.0806 e. The van der Waals surface area contributed by atoms with Gasteiger partial charge in [-0.1, -0.05) is 430 Å². The average Bonchev–Trinajstić information content (AvgIpc) is 0.823. The van der Waals surface area contributed by atoms with Crippen LogP contribution in [0.3, 0.4) is 0 Å². The highest BCUT2D eigenvalue weighted by molar-refractivity contribution is 7.68. The van der Waals surface area contributed by atoms with E-state index < -0.39 is 40.4 Å². The molecule has 0 aliphatic heterocycles. The summed E-state index contributed by atoms with van der Waals surface area (Å²) in [7, 11) is -8.70. The van der Waals surface area contributed by atoms with Crippen LogP contribution in [0.25, 0.3) is 0 Å². The van der Waals surface area contributed by atoms with Crippen LogP contribution in [0.1, 0.15) is 283 Å². The Morgan fingerprint density at radius 3 is 0.475 bits per heavy atom. The van der Waals surface area contributed by atoms with E-state index in [-0.39, 0.29) is 31.7 Å². The molecule has 560 valence electrons. The molecular weight excluding hydrogens is 1370 g/mol. The smallest absolute Gasteiger partial charge is 0.0690 e. The van der Waals surface area contributed by atoms with Gasteiger partial charge in [0, 0.05) is 0 Å². The number of rotatable bonds is 32. The van der Waals surface area contributed by atoms with Crippen molar-refractivity contribution in [3.8, 4) is 0 Å². The fourth-order valence-electron chi connectivity index (χ4n) is 23.0. The second-order valence-corrected chi connectivity index (χ2v) is 74.1. The summed E-state index contributed by atoms with van der Waals surface area (Å²) in [6, 6.07) is 56.3. The summed E-state index contributed by atoms with van der Waals surface area (Å²) < 4.78 is 0. The fraction of sp³-hybridized carbons (Fsp3) is 0.739. The van der Waals surface area contributed by atoms with E-state index in [1.165, 1.54) is 307 Å². The van der Waals surface area contributed by atoms with Crippen LogP contribution in [0.2, 0.25) is 101 Å². The van der Waals surface area contributed by atoms with Gasteiger partial charge in [0.15, 0.2) is 0 Å². The maximum atomic E-state index is 2.81. The Hall–Kier alpha value is -0.316. The zero-order valence-corrected chi connectivity index (χ0v) is 75.5. The lowest BCUT2D eigenvalue weighted by molar-refractivity contribution is 0.487. The van der Waals surface area contributed by atoms with Gasteiger partial charge >= 0.3 is 0 Å². The predicted octanol–water partition coefficient (Wildman–Crippen LogP) is 26.5. The number of hydrogen-bond donors (Lipinski definition) is 0. The highest BCUT2D eigenvalue weighted by atomic mass is 31.1.